The lowest BCUT2D eigenvalue weighted by Gasteiger charge is -2.10. The van der Waals surface area contributed by atoms with E-state index in [1.54, 1.807) is 87.8 Å². The number of amides is 1. The number of carbonyl (C=O) groups is 1. The van der Waals surface area contributed by atoms with Crippen LogP contribution in [0.25, 0.3) is 21.8 Å². The molecular weight excluding hydrogens is 725 g/mol. The fourth-order valence-electron chi connectivity index (χ4n) is 4.84. The molecule has 0 atom stereocenters. The van der Waals surface area contributed by atoms with Gasteiger partial charge >= 0.3 is 6.09 Å². The van der Waals surface area contributed by atoms with Crippen molar-refractivity contribution < 1.29 is 28.5 Å². The first-order valence-electron chi connectivity index (χ1n) is 15.2. The number of nitrogens with two attached hydrogens (primary N) is 1. The molecule has 0 aliphatic rings. The van der Waals surface area contributed by atoms with Gasteiger partial charge in [0.25, 0.3) is 0 Å². The van der Waals surface area contributed by atoms with Gasteiger partial charge in [-0.25, -0.2) is 4.79 Å². The average Bonchev–Trinajstić information content (AvgIpc) is 3.78. The maximum Gasteiger partial charge on any atom is 0.417 e. The number of anilines is 2. The topological polar surface area (TPSA) is 127 Å². The maximum atomic E-state index is 12.1. The number of para-hydroxylation sites is 1. The average molecular weight is 757 g/mol. The zero-order valence-corrected chi connectivity index (χ0v) is 31.1. The molecule has 260 valence electrons. The van der Waals surface area contributed by atoms with Gasteiger partial charge in [-0.2, -0.15) is 0 Å². The number of carbonyl (C=O) groups excluding carboxylic acids is 1. The van der Waals surface area contributed by atoms with Gasteiger partial charge in [0.15, 0.2) is 23.0 Å². The molecule has 0 radical (unpaired) electrons. The minimum atomic E-state index is -0.522. The van der Waals surface area contributed by atoms with Gasteiger partial charge in [0.2, 0.25) is 0 Å². The second-order valence-electron chi connectivity index (χ2n) is 10.4. The van der Waals surface area contributed by atoms with Gasteiger partial charge in [-0.3, -0.25) is 15.3 Å². The van der Waals surface area contributed by atoms with Crippen LogP contribution in [0.5, 0.6) is 28.7 Å². The summed E-state index contributed by atoms with van der Waals surface area (Å²) in [5.41, 5.74) is 7.48. The van der Waals surface area contributed by atoms with Crippen molar-refractivity contribution in [1.82, 2.24) is 9.97 Å². The van der Waals surface area contributed by atoms with Crippen LogP contribution in [-0.2, 0) is 0 Å². The van der Waals surface area contributed by atoms with Crippen LogP contribution in [-0.4, -0.2) is 44.5 Å². The first kappa shape index (κ1) is 35.7. The Bertz CT molecular complexity index is 2280. The maximum absolute atomic E-state index is 12.1. The summed E-state index contributed by atoms with van der Waals surface area (Å²) in [4.78, 5) is 23.1. The van der Waals surface area contributed by atoms with Crippen LogP contribution in [0.15, 0.2) is 122 Å². The largest absolute Gasteiger partial charge is 0.493 e. The normalized spacial score (nSPS) is 10.7. The summed E-state index contributed by atoms with van der Waals surface area (Å²) in [7, 11) is 6.47. The van der Waals surface area contributed by atoms with Gasteiger partial charge in [0.1, 0.15) is 5.75 Å². The number of methoxy groups -OCH3 is 4. The van der Waals surface area contributed by atoms with E-state index in [4.69, 9.17) is 29.4 Å². The van der Waals surface area contributed by atoms with Gasteiger partial charge in [-0.05, 0) is 60.7 Å². The van der Waals surface area contributed by atoms with Crippen molar-refractivity contribution in [2.45, 2.75) is 18.2 Å². The third-order valence-electron chi connectivity index (χ3n) is 7.20. The molecule has 0 saturated carbocycles. The molecule has 10 nitrogen and oxygen atoms in total. The van der Waals surface area contributed by atoms with Gasteiger partial charge in [0.05, 0.1) is 57.9 Å². The molecule has 7 aromatic rings. The number of ether oxygens (including phenoxy) is 5. The summed E-state index contributed by atoms with van der Waals surface area (Å²) in [6, 6.07) is 28.3. The van der Waals surface area contributed by atoms with Crippen molar-refractivity contribution in [3.8, 4) is 28.7 Å². The van der Waals surface area contributed by atoms with Gasteiger partial charge in [-0.1, -0.05) is 41.7 Å². The lowest BCUT2D eigenvalue weighted by Crippen LogP contribution is -2.15. The quantitative estimate of drug-likeness (QED) is 0.138. The van der Waals surface area contributed by atoms with Crippen molar-refractivity contribution in [3.05, 3.63) is 103 Å². The molecule has 0 spiro atoms. The fraction of sp³-hybridized carbons (Fsp3) is 0.108. The lowest BCUT2D eigenvalue weighted by atomic mass is 10.2. The molecule has 0 saturated heterocycles. The number of pyridine rings is 2. The van der Waals surface area contributed by atoms with Crippen LogP contribution in [0.1, 0.15) is 0 Å². The van der Waals surface area contributed by atoms with Crippen molar-refractivity contribution in [2.24, 2.45) is 0 Å². The Kier molecular flexibility index (Phi) is 11.7. The Morgan fingerprint density at radius 2 is 1.16 bits per heavy atom. The summed E-state index contributed by atoms with van der Waals surface area (Å²) in [5, 5.41) is 6.28. The molecule has 51 heavy (non-hydrogen) atoms. The van der Waals surface area contributed by atoms with Crippen LogP contribution in [0.2, 0.25) is 0 Å². The van der Waals surface area contributed by atoms with E-state index in [0.29, 0.717) is 33.7 Å². The number of fused-ring (bicyclic) bond motifs is 2. The Morgan fingerprint density at radius 3 is 1.67 bits per heavy atom. The number of nitrogens with one attached hydrogen (secondary N) is 1. The van der Waals surface area contributed by atoms with Crippen molar-refractivity contribution in [2.75, 3.05) is 39.5 Å². The highest BCUT2D eigenvalue weighted by molar-refractivity contribution is 8.01. The lowest BCUT2D eigenvalue weighted by molar-refractivity contribution is 0.215. The summed E-state index contributed by atoms with van der Waals surface area (Å²) in [6.45, 7) is 0. The van der Waals surface area contributed by atoms with E-state index in [9.17, 15) is 4.79 Å². The van der Waals surface area contributed by atoms with E-state index in [2.05, 4.69) is 15.3 Å². The first-order valence-corrected chi connectivity index (χ1v) is 18.5. The molecule has 0 aliphatic heterocycles. The van der Waals surface area contributed by atoms with Crippen LogP contribution in [0.4, 0.5) is 14.8 Å². The Balaban J connectivity index is 0.000000187. The number of thiophene rings is 2. The molecule has 4 heterocycles. The van der Waals surface area contributed by atoms with Gasteiger partial charge in [-0.15, -0.1) is 22.7 Å². The minimum absolute atomic E-state index is 0.494. The zero-order chi connectivity index (χ0) is 35.7. The Morgan fingerprint density at radius 1 is 0.647 bits per heavy atom. The van der Waals surface area contributed by atoms with Crippen LogP contribution >= 0.6 is 46.2 Å². The highest BCUT2D eigenvalue weighted by atomic mass is 32.2. The SMILES string of the molecule is COc1cc2nccc(Sc3ccc(N)s3)c2cc1OC.COc1cc2nccc(Sc3ccc(NC(=O)Oc4ccccc4)s3)c2cc1OC. The molecule has 3 aromatic carbocycles. The number of rotatable bonds is 10. The molecule has 7 rings (SSSR count). The molecule has 3 N–H and O–H groups in total. The zero-order valence-electron chi connectivity index (χ0n) is 27.9. The smallest absolute Gasteiger partial charge is 0.417 e. The van der Waals surface area contributed by atoms with E-state index in [1.165, 1.54) is 11.3 Å². The number of hydrogen-bond acceptors (Lipinski definition) is 13. The molecule has 14 heteroatoms. The summed E-state index contributed by atoms with van der Waals surface area (Å²) >= 11 is 6.30. The molecule has 0 fully saturated rings. The van der Waals surface area contributed by atoms with E-state index in [-0.39, 0.29) is 0 Å². The molecule has 0 unspecified atom stereocenters. The van der Waals surface area contributed by atoms with Crippen LogP contribution in [0.3, 0.4) is 0 Å². The highest BCUT2D eigenvalue weighted by Crippen LogP contribution is 2.42. The highest BCUT2D eigenvalue weighted by Gasteiger charge is 2.14. The minimum Gasteiger partial charge on any atom is -0.493 e. The first-order chi connectivity index (χ1) is 24.9. The molecule has 4 aromatic heterocycles. The third-order valence-corrected chi connectivity index (χ3v) is 11.5. The second-order valence-corrected chi connectivity index (χ2v) is 15.3. The molecule has 0 aliphatic carbocycles. The number of aromatic nitrogens is 2. The van der Waals surface area contributed by atoms with Gasteiger partial charge < -0.3 is 29.4 Å². The number of nitrogens with zero attached hydrogens (tertiary/aromatic N) is 2. The predicted octanol–water partition coefficient (Wildman–Crippen LogP) is 10.1. The Labute approximate surface area is 310 Å². The summed E-state index contributed by atoms with van der Waals surface area (Å²) in [5.74, 6) is 3.16. The standard InChI is InChI=1S/C22H18N2O4S2.C15H14N2O2S2/c1-26-17-12-15-16(13-18(17)27-2)23-11-10-19(15)29-21-9-8-20(30-21)24-22(25)28-14-6-4-3-5-7-14;1-18-11-7-9-10(8-12(11)19-2)17-6-5-13(9)20-15-4-3-14(16)21-15/h3-13H,1-2H3,(H,24,25);3-8H,16H2,1-2H3. The van der Waals surface area contributed by atoms with Crippen LogP contribution < -0.4 is 34.7 Å². The molecule has 0 bridgehead atoms. The molecule has 1 amide bonds. The van der Waals surface area contributed by atoms with Crippen LogP contribution in [0, 0.1) is 0 Å². The van der Waals surface area contributed by atoms with E-state index in [0.717, 1.165) is 45.0 Å². The number of hydrogen-bond donors (Lipinski definition) is 2. The predicted molar refractivity (Wildman–Crippen MR) is 207 cm³/mol. The van der Waals surface area contributed by atoms with Crippen molar-refractivity contribution in [3.63, 3.8) is 0 Å². The monoisotopic (exact) mass is 756 g/mol. The number of benzene rings is 3. The second kappa shape index (κ2) is 16.7. The van der Waals surface area contributed by atoms with E-state index >= 15 is 0 Å². The van der Waals surface area contributed by atoms with E-state index in [1.807, 2.05) is 78.9 Å². The Hall–Kier alpha value is -5.15. The fourth-order valence-corrected chi connectivity index (χ4v) is 8.91. The summed E-state index contributed by atoms with van der Waals surface area (Å²) < 4.78 is 28.9. The third kappa shape index (κ3) is 8.78. The number of nitrogen functional groups attached to an aromatic ring is 1. The van der Waals surface area contributed by atoms with E-state index < -0.39 is 6.09 Å². The molecular formula is C37H32N4O6S4. The van der Waals surface area contributed by atoms with Crippen molar-refractivity contribution in [1.29, 1.82) is 0 Å². The summed E-state index contributed by atoms with van der Waals surface area (Å²) in [6.07, 6.45) is 3.04. The van der Waals surface area contributed by atoms with Crippen molar-refractivity contribution >= 4 is 84.1 Å². The van der Waals surface area contributed by atoms with Gasteiger partial charge in [0, 0.05) is 45.1 Å².